The van der Waals surface area contributed by atoms with Gasteiger partial charge in [0.05, 0.1) is 5.56 Å². The van der Waals surface area contributed by atoms with E-state index in [2.05, 4.69) is 22.9 Å². The van der Waals surface area contributed by atoms with Gasteiger partial charge < -0.3 is 10.0 Å². The molecule has 1 atom stereocenters. The van der Waals surface area contributed by atoms with Crippen LogP contribution >= 0.6 is 0 Å². The molecule has 1 amide bonds. The number of benzene rings is 1. The molecule has 1 saturated heterocycles. The van der Waals surface area contributed by atoms with Gasteiger partial charge in [-0.05, 0) is 42.7 Å². The molecule has 2 heterocycles. The van der Waals surface area contributed by atoms with Gasteiger partial charge in [-0.25, -0.2) is 0 Å². The summed E-state index contributed by atoms with van der Waals surface area (Å²) < 4.78 is 0. The molecule has 5 nitrogen and oxygen atoms in total. The van der Waals surface area contributed by atoms with Gasteiger partial charge in [0.2, 0.25) is 0 Å². The number of hydrogen-bond acceptors (Lipinski definition) is 4. The minimum Gasteiger partial charge on any atom is -0.507 e. The van der Waals surface area contributed by atoms with Crippen molar-refractivity contribution in [1.82, 2.24) is 14.8 Å². The van der Waals surface area contributed by atoms with Crippen LogP contribution in [0.5, 0.6) is 5.75 Å². The summed E-state index contributed by atoms with van der Waals surface area (Å²) in [5.41, 5.74) is 2.66. The molecule has 0 bridgehead atoms. The molecule has 5 heteroatoms. The van der Waals surface area contributed by atoms with Gasteiger partial charge in [0, 0.05) is 44.6 Å². The summed E-state index contributed by atoms with van der Waals surface area (Å²) in [5, 5.41) is 10.1. The van der Waals surface area contributed by atoms with Crippen molar-refractivity contribution < 1.29 is 9.90 Å². The Kier molecular flexibility index (Phi) is 5.34. The number of hydrogen-bond donors (Lipinski definition) is 1. The Morgan fingerprint density at radius 2 is 2.00 bits per heavy atom. The number of rotatable bonds is 4. The second-order valence-corrected chi connectivity index (χ2v) is 6.50. The number of aromatic nitrogens is 1. The number of carbonyl (C=O) groups excluding carboxylic acids is 1. The third-order valence-corrected chi connectivity index (χ3v) is 5.02. The first-order valence-electron chi connectivity index (χ1n) is 8.85. The number of aryl methyl sites for hydroxylation is 1. The maximum absolute atomic E-state index is 12.8. The molecule has 1 unspecified atom stereocenters. The third-order valence-electron chi connectivity index (χ3n) is 5.02. The van der Waals surface area contributed by atoms with Crippen molar-refractivity contribution in [2.24, 2.45) is 0 Å². The fourth-order valence-corrected chi connectivity index (χ4v) is 3.29. The normalized spacial score (nSPS) is 16.6. The quantitative estimate of drug-likeness (QED) is 0.931. The molecule has 0 radical (unpaired) electrons. The van der Waals surface area contributed by atoms with Gasteiger partial charge in [-0.15, -0.1) is 0 Å². The summed E-state index contributed by atoms with van der Waals surface area (Å²) in [7, 11) is 0. The average Bonchev–Trinajstić information content (AvgIpc) is 2.68. The molecule has 0 spiro atoms. The molecule has 3 rings (SSSR count). The Morgan fingerprint density at radius 3 is 2.64 bits per heavy atom. The first-order chi connectivity index (χ1) is 12.1. The summed E-state index contributed by atoms with van der Waals surface area (Å²) in [6.07, 6.45) is 4.52. The lowest BCUT2D eigenvalue weighted by molar-refractivity contribution is 0.0579. The molecular weight excluding hydrogens is 314 g/mol. The van der Waals surface area contributed by atoms with E-state index in [4.69, 9.17) is 0 Å². The molecule has 1 N–H and O–H groups in total. The van der Waals surface area contributed by atoms with E-state index < -0.39 is 0 Å². The van der Waals surface area contributed by atoms with Gasteiger partial charge in [0.15, 0.2) is 0 Å². The smallest absolute Gasteiger partial charge is 0.257 e. The molecule has 1 aromatic heterocycles. The molecule has 0 aliphatic carbocycles. The van der Waals surface area contributed by atoms with Crippen molar-refractivity contribution in [2.45, 2.75) is 26.3 Å². The van der Waals surface area contributed by atoms with Crippen molar-refractivity contribution >= 4 is 5.91 Å². The number of piperazine rings is 1. The maximum Gasteiger partial charge on any atom is 0.257 e. The predicted octanol–water partition coefficient (Wildman–Crippen LogP) is 2.87. The van der Waals surface area contributed by atoms with E-state index in [0.717, 1.165) is 25.1 Å². The monoisotopic (exact) mass is 339 g/mol. The standard InChI is InChI=1S/C20H25N3O2/c1-3-16-6-7-19(24)18(13-16)20(25)23-11-9-22(10-12-23)15(2)17-5-4-8-21-14-17/h4-8,13-15,24H,3,9-12H2,1-2H3. The van der Waals surface area contributed by atoms with Crippen LogP contribution in [0, 0.1) is 0 Å². The molecule has 132 valence electrons. The Morgan fingerprint density at radius 1 is 1.24 bits per heavy atom. The lowest BCUT2D eigenvalue weighted by Gasteiger charge is -2.38. The van der Waals surface area contributed by atoms with Crippen LogP contribution < -0.4 is 0 Å². The molecule has 1 aromatic carbocycles. The lowest BCUT2D eigenvalue weighted by Crippen LogP contribution is -2.49. The largest absolute Gasteiger partial charge is 0.507 e. The zero-order valence-corrected chi connectivity index (χ0v) is 14.9. The molecule has 25 heavy (non-hydrogen) atoms. The highest BCUT2D eigenvalue weighted by Gasteiger charge is 2.26. The molecule has 0 saturated carbocycles. The molecule has 2 aromatic rings. The number of amides is 1. The van der Waals surface area contributed by atoms with Crippen molar-refractivity contribution in [3.05, 3.63) is 59.4 Å². The number of phenolic OH excluding ortho intramolecular Hbond substituents is 1. The van der Waals surface area contributed by atoms with Crippen LogP contribution in [0.2, 0.25) is 0 Å². The molecule has 1 aliphatic rings. The van der Waals surface area contributed by atoms with Gasteiger partial charge in [0.25, 0.3) is 5.91 Å². The topological polar surface area (TPSA) is 56.7 Å². The van der Waals surface area contributed by atoms with Crippen LogP contribution in [0.4, 0.5) is 0 Å². The summed E-state index contributed by atoms with van der Waals surface area (Å²) in [6.45, 7) is 7.18. The van der Waals surface area contributed by atoms with Crippen molar-refractivity contribution in [1.29, 1.82) is 0 Å². The number of phenols is 1. The van der Waals surface area contributed by atoms with Crippen LogP contribution in [-0.4, -0.2) is 52.0 Å². The number of pyridine rings is 1. The van der Waals surface area contributed by atoms with Crippen LogP contribution in [0.1, 0.15) is 41.4 Å². The summed E-state index contributed by atoms with van der Waals surface area (Å²) in [6, 6.07) is 9.61. The zero-order chi connectivity index (χ0) is 17.8. The first-order valence-corrected chi connectivity index (χ1v) is 8.85. The first kappa shape index (κ1) is 17.4. The van der Waals surface area contributed by atoms with E-state index in [-0.39, 0.29) is 17.7 Å². The average molecular weight is 339 g/mol. The number of carbonyl (C=O) groups is 1. The Hall–Kier alpha value is -2.40. The number of aromatic hydroxyl groups is 1. The van der Waals surface area contributed by atoms with Gasteiger partial charge in [-0.3, -0.25) is 14.7 Å². The minimum atomic E-state index is -0.0820. The Labute approximate surface area is 148 Å². The van der Waals surface area contributed by atoms with Crippen LogP contribution in [0.15, 0.2) is 42.7 Å². The second-order valence-electron chi connectivity index (χ2n) is 6.50. The van der Waals surface area contributed by atoms with Gasteiger partial charge >= 0.3 is 0 Å². The number of nitrogens with zero attached hydrogens (tertiary/aromatic N) is 3. The predicted molar refractivity (Wildman–Crippen MR) is 97.6 cm³/mol. The summed E-state index contributed by atoms with van der Waals surface area (Å²) >= 11 is 0. The summed E-state index contributed by atoms with van der Waals surface area (Å²) in [5.74, 6) is -0.0187. The van der Waals surface area contributed by atoms with E-state index in [1.54, 1.807) is 12.3 Å². The SMILES string of the molecule is CCc1ccc(O)c(C(=O)N2CCN(C(C)c3cccnc3)CC2)c1. The third kappa shape index (κ3) is 3.82. The maximum atomic E-state index is 12.8. The highest BCUT2D eigenvalue weighted by atomic mass is 16.3. The van der Waals surface area contributed by atoms with Crippen molar-refractivity contribution in [2.75, 3.05) is 26.2 Å². The zero-order valence-electron chi connectivity index (χ0n) is 14.9. The van der Waals surface area contributed by atoms with Gasteiger partial charge in [-0.2, -0.15) is 0 Å². The van der Waals surface area contributed by atoms with Crippen LogP contribution in [0.3, 0.4) is 0 Å². The van der Waals surface area contributed by atoms with Crippen LogP contribution in [-0.2, 0) is 6.42 Å². The van der Waals surface area contributed by atoms with Crippen LogP contribution in [0.25, 0.3) is 0 Å². The van der Waals surface area contributed by atoms with Crippen molar-refractivity contribution in [3.8, 4) is 5.75 Å². The van der Waals surface area contributed by atoms with E-state index in [9.17, 15) is 9.90 Å². The molecular formula is C20H25N3O2. The van der Waals surface area contributed by atoms with E-state index in [1.165, 1.54) is 5.56 Å². The molecule has 1 aliphatic heterocycles. The summed E-state index contributed by atoms with van der Waals surface area (Å²) in [4.78, 5) is 21.2. The fraction of sp³-hybridized carbons (Fsp3) is 0.400. The minimum absolute atomic E-state index is 0.0633. The van der Waals surface area contributed by atoms with E-state index in [0.29, 0.717) is 18.7 Å². The van der Waals surface area contributed by atoms with E-state index in [1.807, 2.05) is 36.2 Å². The lowest BCUT2D eigenvalue weighted by atomic mass is 10.1. The second kappa shape index (κ2) is 7.66. The Bertz CT molecular complexity index is 725. The Balaban J connectivity index is 1.65. The molecule has 1 fully saturated rings. The van der Waals surface area contributed by atoms with E-state index >= 15 is 0 Å². The highest BCUT2D eigenvalue weighted by Crippen LogP contribution is 2.24. The fourth-order valence-electron chi connectivity index (χ4n) is 3.29. The van der Waals surface area contributed by atoms with Gasteiger partial charge in [-0.1, -0.05) is 19.1 Å². The van der Waals surface area contributed by atoms with Crippen molar-refractivity contribution in [3.63, 3.8) is 0 Å². The van der Waals surface area contributed by atoms with Gasteiger partial charge in [0.1, 0.15) is 5.75 Å². The highest BCUT2D eigenvalue weighted by molar-refractivity contribution is 5.97.